The van der Waals surface area contributed by atoms with Gasteiger partial charge in [-0.05, 0) is 38.6 Å². The lowest BCUT2D eigenvalue weighted by molar-refractivity contribution is -0.139. The number of halogens is 1. The van der Waals surface area contributed by atoms with Crippen LogP contribution in [0, 0.1) is 5.82 Å². The summed E-state index contributed by atoms with van der Waals surface area (Å²) in [6.07, 6.45) is 0.0459. The number of carbonyl (C=O) groups excluding carboxylic acids is 1. The van der Waals surface area contributed by atoms with Gasteiger partial charge in [0.05, 0.1) is 11.1 Å². The Kier molecular flexibility index (Phi) is 6.52. The Morgan fingerprint density at radius 2 is 1.81 bits per heavy atom. The quantitative estimate of drug-likeness (QED) is 0.726. The molecule has 0 radical (unpaired) electrons. The van der Waals surface area contributed by atoms with Crippen LogP contribution in [-0.2, 0) is 20.9 Å². The van der Waals surface area contributed by atoms with Gasteiger partial charge in [0.1, 0.15) is 12.4 Å². The van der Waals surface area contributed by atoms with Crippen molar-refractivity contribution in [3.8, 4) is 0 Å². The molecule has 1 aliphatic rings. The largest absolute Gasteiger partial charge is 0.478 e. The van der Waals surface area contributed by atoms with Gasteiger partial charge in [0.25, 0.3) is 0 Å². The SMILES string of the molecule is CC1=C(C(=O)O)CC(C(=O)OCCN(C)Cc2ccc(F)cc2)=C(C)N1. The summed E-state index contributed by atoms with van der Waals surface area (Å²) in [6, 6.07) is 6.23. The molecule has 0 aromatic heterocycles. The highest BCUT2D eigenvalue weighted by Crippen LogP contribution is 2.23. The van der Waals surface area contributed by atoms with E-state index in [1.54, 1.807) is 26.0 Å². The maximum atomic E-state index is 12.9. The molecule has 1 aromatic rings. The van der Waals surface area contributed by atoms with Crippen molar-refractivity contribution in [1.82, 2.24) is 10.2 Å². The molecule has 1 heterocycles. The average Bonchev–Trinajstić information content (AvgIpc) is 2.56. The molecular weight excluding hydrogens is 339 g/mol. The summed E-state index contributed by atoms with van der Waals surface area (Å²) in [6.45, 7) is 4.67. The molecule has 0 bridgehead atoms. The summed E-state index contributed by atoms with van der Waals surface area (Å²) < 4.78 is 18.2. The molecule has 140 valence electrons. The molecular formula is C19H23FN2O4. The Labute approximate surface area is 151 Å². The number of rotatable bonds is 7. The number of carboxylic acids is 1. The number of hydrogen-bond acceptors (Lipinski definition) is 5. The second-order valence-electron chi connectivity index (χ2n) is 6.31. The highest BCUT2D eigenvalue weighted by atomic mass is 19.1. The molecule has 2 N–H and O–H groups in total. The zero-order chi connectivity index (χ0) is 19.3. The molecule has 0 aliphatic carbocycles. The first-order valence-electron chi connectivity index (χ1n) is 8.28. The van der Waals surface area contributed by atoms with E-state index in [1.807, 2.05) is 11.9 Å². The fourth-order valence-corrected chi connectivity index (χ4v) is 2.70. The zero-order valence-corrected chi connectivity index (χ0v) is 15.1. The topological polar surface area (TPSA) is 78.9 Å². The number of nitrogens with one attached hydrogen (secondary N) is 1. The van der Waals surface area contributed by atoms with Gasteiger partial charge in [-0.3, -0.25) is 4.90 Å². The van der Waals surface area contributed by atoms with Crippen molar-refractivity contribution in [2.45, 2.75) is 26.8 Å². The van der Waals surface area contributed by atoms with Crippen molar-refractivity contribution in [3.63, 3.8) is 0 Å². The van der Waals surface area contributed by atoms with Crippen LogP contribution in [0.2, 0.25) is 0 Å². The molecule has 0 amide bonds. The smallest absolute Gasteiger partial charge is 0.336 e. The van der Waals surface area contributed by atoms with Gasteiger partial charge in [0.2, 0.25) is 0 Å². The molecule has 6 nitrogen and oxygen atoms in total. The van der Waals surface area contributed by atoms with Crippen LogP contribution in [0.1, 0.15) is 25.8 Å². The summed E-state index contributed by atoms with van der Waals surface area (Å²) >= 11 is 0. The van der Waals surface area contributed by atoms with Crippen molar-refractivity contribution in [2.24, 2.45) is 0 Å². The summed E-state index contributed by atoms with van der Waals surface area (Å²) in [5, 5.41) is 12.1. The molecule has 26 heavy (non-hydrogen) atoms. The van der Waals surface area contributed by atoms with E-state index in [-0.39, 0.29) is 24.4 Å². The summed E-state index contributed by atoms with van der Waals surface area (Å²) in [4.78, 5) is 25.5. The molecule has 0 saturated heterocycles. The number of ether oxygens (including phenoxy) is 1. The Balaban J connectivity index is 1.83. The number of hydrogen-bond donors (Lipinski definition) is 2. The van der Waals surface area contributed by atoms with Gasteiger partial charge in [-0.15, -0.1) is 0 Å². The third-order valence-electron chi connectivity index (χ3n) is 4.21. The number of esters is 1. The van der Waals surface area contributed by atoms with Gasteiger partial charge in [-0.2, -0.15) is 0 Å². The van der Waals surface area contributed by atoms with Crippen molar-refractivity contribution >= 4 is 11.9 Å². The summed E-state index contributed by atoms with van der Waals surface area (Å²) in [5.74, 6) is -1.84. The van der Waals surface area contributed by atoms with Gasteiger partial charge in [-0.25, -0.2) is 14.0 Å². The maximum Gasteiger partial charge on any atom is 0.336 e. The molecule has 0 saturated carbocycles. The molecule has 2 rings (SSSR count). The van der Waals surface area contributed by atoms with E-state index in [0.717, 1.165) is 5.56 Å². The van der Waals surface area contributed by atoms with Gasteiger partial charge < -0.3 is 15.2 Å². The lowest BCUT2D eigenvalue weighted by Gasteiger charge is -2.22. The average molecular weight is 362 g/mol. The molecule has 7 heteroatoms. The van der Waals surface area contributed by atoms with Crippen LogP contribution in [0.15, 0.2) is 46.8 Å². The van der Waals surface area contributed by atoms with Crippen LogP contribution >= 0.6 is 0 Å². The minimum Gasteiger partial charge on any atom is -0.478 e. The molecule has 0 spiro atoms. The fourth-order valence-electron chi connectivity index (χ4n) is 2.70. The monoisotopic (exact) mass is 362 g/mol. The van der Waals surface area contributed by atoms with Gasteiger partial charge in [-0.1, -0.05) is 12.1 Å². The minimum atomic E-state index is -1.05. The van der Waals surface area contributed by atoms with E-state index in [0.29, 0.717) is 30.1 Å². The third-order valence-corrected chi connectivity index (χ3v) is 4.21. The van der Waals surface area contributed by atoms with E-state index in [4.69, 9.17) is 4.74 Å². The lowest BCUT2D eigenvalue weighted by Crippen LogP contribution is -2.28. The number of allylic oxidation sites excluding steroid dienone is 2. The highest BCUT2D eigenvalue weighted by molar-refractivity contribution is 5.95. The number of likely N-dealkylation sites (N-methyl/N-ethyl adjacent to an activating group) is 1. The van der Waals surface area contributed by atoms with Crippen LogP contribution in [0.3, 0.4) is 0 Å². The van der Waals surface area contributed by atoms with Crippen molar-refractivity contribution < 1.29 is 23.8 Å². The van der Waals surface area contributed by atoms with Crippen LogP contribution in [0.25, 0.3) is 0 Å². The Morgan fingerprint density at radius 1 is 1.19 bits per heavy atom. The van der Waals surface area contributed by atoms with E-state index >= 15 is 0 Å². The highest BCUT2D eigenvalue weighted by Gasteiger charge is 2.25. The van der Waals surface area contributed by atoms with Crippen LogP contribution in [0.4, 0.5) is 4.39 Å². The predicted molar refractivity (Wildman–Crippen MR) is 94.5 cm³/mol. The number of benzene rings is 1. The molecule has 0 fully saturated rings. The number of aliphatic carboxylic acids is 1. The first-order chi connectivity index (χ1) is 12.3. The Bertz CT molecular complexity index is 753. The van der Waals surface area contributed by atoms with Gasteiger partial charge in [0.15, 0.2) is 0 Å². The minimum absolute atomic E-state index is 0.0459. The number of dihydropyridines is 1. The van der Waals surface area contributed by atoms with Crippen LogP contribution in [-0.4, -0.2) is 42.1 Å². The summed E-state index contributed by atoms with van der Waals surface area (Å²) in [5.41, 5.74) is 2.59. The van der Waals surface area contributed by atoms with E-state index in [2.05, 4.69) is 5.32 Å². The normalized spacial score (nSPS) is 14.5. The third kappa shape index (κ3) is 5.16. The first kappa shape index (κ1) is 19.7. The Hall–Kier alpha value is -2.67. The van der Waals surface area contributed by atoms with Crippen molar-refractivity contribution in [1.29, 1.82) is 0 Å². The zero-order valence-electron chi connectivity index (χ0n) is 15.1. The number of carbonyl (C=O) groups is 2. The van der Waals surface area contributed by atoms with E-state index < -0.39 is 11.9 Å². The second kappa shape index (κ2) is 8.62. The second-order valence-corrected chi connectivity index (χ2v) is 6.31. The van der Waals surface area contributed by atoms with Crippen molar-refractivity contribution in [2.75, 3.05) is 20.2 Å². The number of nitrogens with zero attached hydrogens (tertiary/aromatic N) is 1. The van der Waals surface area contributed by atoms with Gasteiger partial charge in [0, 0.05) is 30.9 Å². The Morgan fingerprint density at radius 3 is 2.42 bits per heavy atom. The van der Waals surface area contributed by atoms with Crippen LogP contribution < -0.4 is 5.32 Å². The maximum absolute atomic E-state index is 12.9. The van der Waals surface area contributed by atoms with Gasteiger partial charge >= 0.3 is 11.9 Å². The summed E-state index contributed by atoms with van der Waals surface area (Å²) in [7, 11) is 1.87. The lowest BCUT2D eigenvalue weighted by atomic mass is 9.98. The van der Waals surface area contributed by atoms with E-state index in [1.165, 1.54) is 12.1 Å². The molecule has 1 aromatic carbocycles. The first-order valence-corrected chi connectivity index (χ1v) is 8.28. The van der Waals surface area contributed by atoms with Crippen molar-refractivity contribution in [3.05, 3.63) is 58.2 Å². The van der Waals surface area contributed by atoms with Crippen LogP contribution in [0.5, 0.6) is 0 Å². The number of carboxylic acid groups (broad SMARTS) is 1. The fraction of sp³-hybridized carbons (Fsp3) is 0.368. The van der Waals surface area contributed by atoms with E-state index in [9.17, 15) is 19.1 Å². The molecule has 0 unspecified atom stereocenters. The molecule has 0 atom stereocenters. The predicted octanol–water partition coefficient (Wildman–Crippen LogP) is 2.43. The molecule has 1 aliphatic heterocycles. The standard InChI is InChI=1S/C19H23FN2O4/c1-12-16(18(23)24)10-17(13(2)21-12)19(25)26-9-8-22(3)11-14-4-6-15(20)7-5-14/h4-7,21H,8-11H2,1-3H3,(H,23,24).